The van der Waals surface area contributed by atoms with Crippen molar-refractivity contribution >= 4 is 11.9 Å². The summed E-state index contributed by atoms with van der Waals surface area (Å²) in [6.45, 7) is 2.42. The van der Waals surface area contributed by atoms with E-state index in [1.54, 1.807) is 18.2 Å². The number of unbranched alkanes of at least 4 members (excludes halogenated alkanes) is 3. The van der Waals surface area contributed by atoms with Gasteiger partial charge in [0.25, 0.3) is 0 Å². The van der Waals surface area contributed by atoms with Crippen molar-refractivity contribution in [3.63, 3.8) is 0 Å². The molecule has 0 aromatic heterocycles. The molecular formula is C17H24FNO3. The summed E-state index contributed by atoms with van der Waals surface area (Å²) >= 11 is 0. The second kappa shape index (κ2) is 9.92. The number of benzene rings is 1. The molecule has 22 heavy (non-hydrogen) atoms. The van der Waals surface area contributed by atoms with Gasteiger partial charge < -0.3 is 10.4 Å². The third kappa shape index (κ3) is 7.20. The third-order valence-electron chi connectivity index (χ3n) is 3.57. The minimum atomic E-state index is -0.768. The summed E-state index contributed by atoms with van der Waals surface area (Å²) in [6, 6.07) is 6.51. The van der Waals surface area contributed by atoms with E-state index in [-0.39, 0.29) is 30.5 Å². The van der Waals surface area contributed by atoms with Crippen LogP contribution < -0.4 is 5.32 Å². The molecule has 0 heterocycles. The van der Waals surface area contributed by atoms with Crippen LogP contribution in [0.3, 0.4) is 0 Å². The van der Waals surface area contributed by atoms with Gasteiger partial charge in [0, 0.05) is 19.4 Å². The second-order valence-electron chi connectivity index (χ2n) is 5.53. The van der Waals surface area contributed by atoms with Crippen LogP contribution >= 0.6 is 0 Å². The predicted octanol–water partition coefficient (Wildman–Crippen LogP) is 3.47. The number of hydrogen-bond donors (Lipinski definition) is 2. The molecule has 1 unspecified atom stereocenters. The van der Waals surface area contributed by atoms with E-state index in [2.05, 4.69) is 5.32 Å². The smallest absolute Gasteiger partial charge is 0.303 e. The van der Waals surface area contributed by atoms with Crippen LogP contribution in [0.2, 0.25) is 0 Å². The Balaban J connectivity index is 2.16. The number of carboxylic acids is 1. The van der Waals surface area contributed by atoms with Crippen molar-refractivity contribution in [1.82, 2.24) is 5.32 Å². The maximum absolute atomic E-state index is 13.6. The van der Waals surface area contributed by atoms with Crippen molar-refractivity contribution in [3.8, 4) is 0 Å². The topological polar surface area (TPSA) is 66.4 Å². The molecule has 2 N–H and O–H groups in total. The van der Waals surface area contributed by atoms with Gasteiger partial charge in [0.05, 0.1) is 0 Å². The lowest BCUT2D eigenvalue weighted by atomic mass is 9.97. The molecule has 5 heteroatoms. The van der Waals surface area contributed by atoms with Crippen LogP contribution in [0.1, 0.15) is 56.9 Å². The predicted molar refractivity (Wildman–Crippen MR) is 83.2 cm³/mol. The molecule has 1 rings (SSSR count). The average molecular weight is 309 g/mol. The summed E-state index contributed by atoms with van der Waals surface area (Å²) < 4.78 is 13.6. The fourth-order valence-electron chi connectivity index (χ4n) is 2.32. The normalized spacial score (nSPS) is 11.9. The van der Waals surface area contributed by atoms with Gasteiger partial charge in [0.2, 0.25) is 5.91 Å². The van der Waals surface area contributed by atoms with Gasteiger partial charge in [-0.15, -0.1) is 0 Å². The van der Waals surface area contributed by atoms with Gasteiger partial charge in [-0.1, -0.05) is 38.0 Å². The Hall–Kier alpha value is -1.91. The van der Waals surface area contributed by atoms with Crippen molar-refractivity contribution in [2.45, 2.75) is 51.4 Å². The van der Waals surface area contributed by atoms with Crippen LogP contribution in [-0.2, 0) is 9.59 Å². The largest absolute Gasteiger partial charge is 0.481 e. The van der Waals surface area contributed by atoms with E-state index in [0.29, 0.717) is 18.5 Å². The Labute approximate surface area is 130 Å². The first-order chi connectivity index (χ1) is 10.5. The quantitative estimate of drug-likeness (QED) is 0.650. The highest BCUT2D eigenvalue weighted by Crippen LogP contribution is 2.21. The first-order valence-corrected chi connectivity index (χ1v) is 7.73. The summed E-state index contributed by atoms with van der Waals surface area (Å²) in [5.41, 5.74) is 0.561. The first-order valence-electron chi connectivity index (χ1n) is 7.73. The van der Waals surface area contributed by atoms with Gasteiger partial charge in [-0.25, -0.2) is 4.39 Å². The zero-order chi connectivity index (χ0) is 16.4. The average Bonchev–Trinajstić information content (AvgIpc) is 2.46. The minimum absolute atomic E-state index is 0.0821. The maximum Gasteiger partial charge on any atom is 0.303 e. The summed E-state index contributed by atoms with van der Waals surface area (Å²) in [5, 5.41) is 11.3. The lowest BCUT2D eigenvalue weighted by Gasteiger charge is -2.12. The van der Waals surface area contributed by atoms with Crippen molar-refractivity contribution < 1.29 is 19.1 Å². The lowest BCUT2D eigenvalue weighted by molar-refractivity contribution is -0.137. The zero-order valence-corrected chi connectivity index (χ0v) is 13.0. The van der Waals surface area contributed by atoms with Crippen molar-refractivity contribution in [3.05, 3.63) is 35.6 Å². The second-order valence-corrected chi connectivity index (χ2v) is 5.53. The summed E-state index contributed by atoms with van der Waals surface area (Å²) in [6.07, 6.45) is 3.73. The molecule has 0 aliphatic rings. The third-order valence-corrected chi connectivity index (χ3v) is 3.57. The molecular weight excluding hydrogens is 285 g/mol. The summed E-state index contributed by atoms with van der Waals surface area (Å²) in [5.74, 6) is -1.28. The number of nitrogens with one attached hydrogen (secondary N) is 1. The lowest BCUT2D eigenvalue weighted by Crippen LogP contribution is -2.25. The Morgan fingerprint density at radius 2 is 1.86 bits per heavy atom. The number of rotatable bonds is 10. The van der Waals surface area contributed by atoms with Gasteiger partial charge in [0.15, 0.2) is 0 Å². The molecule has 1 aromatic rings. The van der Waals surface area contributed by atoms with Crippen LogP contribution in [0.5, 0.6) is 0 Å². The highest BCUT2D eigenvalue weighted by molar-refractivity contribution is 5.76. The van der Waals surface area contributed by atoms with Gasteiger partial charge in [-0.05, 0) is 30.4 Å². The monoisotopic (exact) mass is 309 g/mol. The van der Waals surface area contributed by atoms with Crippen molar-refractivity contribution in [2.75, 3.05) is 6.54 Å². The molecule has 0 spiro atoms. The van der Waals surface area contributed by atoms with Crippen molar-refractivity contribution in [1.29, 1.82) is 0 Å². The summed E-state index contributed by atoms with van der Waals surface area (Å²) in [4.78, 5) is 22.1. The van der Waals surface area contributed by atoms with E-state index in [1.165, 1.54) is 6.07 Å². The molecule has 0 fully saturated rings. The highest BCUT2D eigenvalue weighted by Gasteiger charge is 2.14. The number of amides is 1. The molecule has 4 nitrogen and oxygen atoms in total. The van der Waals surface area contributed by atoms with Crippen LogP contribution in [0, 0.1) is 5.82 Å². The van der Waals surface area contributed by atoms with Gasteiger partial charge >= 0.3 is 5.97 Å². The molecule has 0 aliphatic carbocycles. The van der Waals surface area contributed by atoms with Crippen LogP contribution in [-0.4, -0.2) is 23.5 Å². The Morgan fingerprint density at radius 3 is 2.55 bits per heavy atom. The number of carbonyl (C=O) groups is 2. The molecule has 1 amide bonds. The van der Waals surface area contributed by atoms with E-state index < -0.39 is 5.97 Å². The van der Waals surface area contributed by atoms with Crippen LogP contribution in [0.4, 0.5) is 4.39 Å². The number of halogens is 1. The van der Waals surface area contributed by atoms with Crippen molar-refractivity contribution in [2.24, 2.45) is 0 Å². The minimum Gasteiger partial charge on any atom is -0.481 e. The number of carbonyl (C=O) groups excluding carboxylic acids is 1. The molecule has 1 aromatic carbocycles. The number of carboxylic acid groups (broad SMARTS) is 1. The van der Waals surface area contributed by atoms with Gasteiger partial charge in [0.1, 0.15) is 5.82 Å². The molecule has 0 bridgehead atoms. The Bertz CT molecular complexity index is 491. The fourth-order valence-corrected chi connectivity index (χ4v) is 2.32. The number of aliphatic carboxylic acids is 1. The molecule has 1 atom stereocenters. The summed E-state index contributed by atoms with van der Waals surface area (Å²) in [7, 11) is 0. The number of hydrogen-bond acceptors (Lipinski definition) is 2. The molecule has 0 aliphatic heterocycles. The Kier molecular flexibility index (Phi) is 8.18. The standard InChI is InChI=1S/C17H24FNO3/c1-13(14-8-5-6-9-15(14)18)12-16(20)19-11-7-3-2-4-10-17(21)22/h5-6,8-9,13H,2-4,7,10-12H2,1H3,(H,19,20)(H,21,22). The zero-order valence-electron chi connectivity index (χ0n) is 13.0. The molecule has 0 saturated heterocycles. The fraction of sp³-hybridized carbons (Fsp3) is 0.529. The van der Waals surface area contributed by atoms with Gasteiger partial charge in [-0.2, -0.15) is 0 Å². The van der Waals surface area contributed by atoms with Crippen LogP contribution in [0.15, 0.2) is 24.3 Å². The van der Waals surface area contributed by atoms with E-state index in [9.17, 15) is 14.0 Å². The SMILES string of the molecule is CC(CC(=O)NCCCCCCC(=O)O)c1ccccc1F. The molecule has 0 radical (unpaired) electrons. The maximum atomic E-state index is 13.6. The Morgan fingerprint density at radius 1 is 1.18 bits per heavy atom. The van der Waals surface area contributed by atoms with Gasteiger partial charge in [-0.3, -0.25) is 9.59 Å². The van der Waals surface area contributed by atoms with Crippen LogP contribution in [0.25, 0.3) is 0 Å². The van der Waals surface area contributed by atoms with E-state index in [1.807, 2.05) is 6.92 Å². The van der Waals surface area contributed by atoms with E-state index >= 15 is 0 Å². The highest BCUT2D eigenvalue weighted by atomic mass is 19.1. The molecule has 122 valence electrons. The first kappa shape index (κ1) is 18.1. The molecule has 0 saturated carbocycles. The van der Waals surface area contributed by atoms with E-state index in [0.717, 1.165) is 19.3 Å². The van der Waals surface area contributed by atoms with E-state index in [4.69, 9.17) is 5.11 Å².